The lowest BCUT2D eigenvalue weighted by molar-refractivity contribution is -0.141. The maximum Gasteiger partial charge on any atom is 0.326 e. The van der Waals surface area contributed by atoms with Gasteiger partial charge in [0.15, 0.2) is 0 Å². The topological polar surface area (TPSA) is 88.1 Å². The number of carboxylic acid groups (broad SMARTS) is 1. The van der Waals surface area contributed by atoms with E-state index in [1.165, 1.54) is 19.1 Å². The van der Waals surface area contributed by atoms with Gasteiger partial charge in [0.25, 0.3) is 0 Å². The highest BCUT2D eigenvalue weighted by Crippen LogP contribution is 2.27. The average molecular weight is 294 g/mol. The molecular formula is C14H18N2O5. The van der Waals surface area contributed by atoms with Crippen molar-refractivity contribution in [3.8, 4) is 11.5 Å². The summed E-state index contributed by atoms with van der Waals surface area (Å²) in [5.41, 5.74) is 0.493. The van der Waals surface area contributed by atoms with Gasteiger partial charge in [-0.05, 0) is 12.8 Å². The molecule has 0 aromatic heterocycles. The Kier molecular flexibility index (Phi) is 4.52. The van der Waals surface area contributed by atoms with Crippen LogP contribution in [-0.2, 0) is 4.79 Å². The van der Waals surface area contributed by atoms with Gasteiger partial charge >= 0.3 is 12.0 Å². The highest BCUT2D eigenvalue weighted by molar-refractivity contribution is 5.93. The van der Waals surface area contributed by atoms with Crippen LogP contribution in [-0.4, -0.2) is 48.8 Å². The van der Waals surface area contributed by atoms with E-state index in [1.807, 2.05) is 0 Å². The number of benzene rings is 1. The lowest BCUT2D eigenvalue weighted by atomic mass is 10.2. The largest absolute Gasteiger partial charge is 0.497 e. The normalized spacial score (nSPS) is 17.4. The average Bonchev–Trinajstić information content (AvgIpc) is 2.96. The molecule has 1 fully saturated rings. The first-order chi connectivity index (χ1) is 10.0. The summed E-state index contributed by atoms with van der Waals surface area (Å²) in [6.45, 7) is 0.434. The van der Waals surface area contributed by atoms with Gasteiger partial charge in [0, 0.05) is 30.4 Å². The number of aliphatic carboxylic acids is 1. The number of ether oxygens (including phenoxy) is 2. The van der Waals surface area contributed by atoms with Crippen molar-refractivity contribution < 1.29 is 24.2 Å². The molecule has 1 unspecified atom stereocenters. The number of hydrogen-bond donors (Lipinski definition) is 2. The van der Waals surface area contributed by atoms with Crippen molar-refractivity contribution in [1.29, 1.82) is 0 Å². The van der Waals surface area contributed by atoms with Crippen molar-refractivity contribution >= 4 is 17.7 Å². The Morgan fingerprint density at radius 2 is 1.86 bits per heavy atom. The molecule has 1 atom stereocenters. The van der Waals surface area contributed by atoms with Crippen molar-refractivity contribution in [2.75, 3.05) is 26.1 Å². The van der Waals surface area contributed by atoms with Gasteiger partial charge in [-0.2, -0.15) is 0 Å². The van der Waals surface area contributed by atoms with Gasteiger partial charge < -0.3 is 24.8 Å². The summed E-state index contributed by atoms with van der Waals surface area (Å²) < 4.78 is 10.2. The number of hydrogen-bond acceptors (Lipinski definition) is 4. The lowest BCUT2D eigenvalue weighted by Crippen LogP contribution is -2.42. The first-order valence-corrected chi connectivity index (χ1v) is 6.58. The van der Waals surface area contributed by atoms with Gasteiger partial charge in [0.05, 0.1) is 14.2 Å². The molecule has 2 rings (SSSR count). The van der Waals surface area contributed by atoms with Gasteiger partial charge in [0.1, 0.15) is 17.5 Å². The number of methoxy groups -OCH3 is 2. The number of anilines is 1. The van der Waals surface area contributed by atoms with Crippen molar-refractivity contribution in [1.82, 2.24) is 4.90 Å². The van der Waals surface area contributed by atoms with Crippen LogP contribution in [0.15, 0.2) is 18.2 Å². The second kappa shape index (κ2) is 6.34. The number of amides is 2. The van der Waals surface area contributed by atoms with E-state index in [2.05, 4.69) is 5.32 Å². The van der Waals surface area contributed by atoms with Crippen LogP contribution in [0, 0.1) is 0 Å². The minimum atomic E-state index is -0.981. The minimum absolute atomic E-state index is 0.434. The number of rotatable bonds is 4. The Balaban J connectivity index is 2.14. The second-order valence-corrected chi connectivity index (χ2v) is 4.72. The van der Waals surface area contributed by atoms with Crippen molar-refractivity contribution in [3.63, 3.8) is 0 Å². The zero-order chi connectivity index (χ0) is 15.4. The Morgan fingerprint density at radius 3 is 2.38 bits per heavy atom. The molecule has 1 aromatic rings. The molecule has 0 aliphatic carbocycles. The van der Waals surface area contributed by atoms with E-state index in [0.717, 1.165) is 0 Å². The molecule has 1 saturated heterocycles. The number of carboxylic acids is 1. The predicted molar refractivity (Wildman–Crippen MR) is 75.9 cm³/mol. The van der Waals surface area contributed by atoms with Crippen LogP contribution in [0.2, 0.25) is 0 Å². The SMILES string of the molecule is COc1cc(NC(=O)N2CCCC2C(=O)O)cc(OC)c1. The van der Waals surface area contributed by atoms with Gasteiger partial charge in [-0.15, -0.1) is 0 Å². The standard InChI is InChI=1S/C14H18N2O5/c1-20-10-6-9(7-11(8-10)21-2)15-14(19)16-5-3-4-12(16)13(17)18/h6-8,12H,3-5H2,1-2H3,(H,15,19)(H,17,18). The summed E-state index contributed by atoms with van der Waals surface area (Å²) in [7, 11) is 3.03. The zero-order valence-electron chi connectivity index (χ0n) is 12.0. The van der Waals surface area contributed by atoms with Gasteiger partial charge in [0.2, 0.25) is 0 Å². The lowest BCUT2D eigenvalue weighted by Gasteiger charge is -2.22. The molecule has 1 aliphatic rings. The molecule has 114 valence electrons. The van der Waals surface area contributed by atoms with Gasteiger partial charge in [-0.25, -0.2) is 9.59 Å². The fraction of sp³-hybridized carbons (Fsp3) is 0.429. The summed E-state index contributed by atoms with van der Waals surface area (Å²) in [4.78, 5) is 24.6. The zero-order valence-corrected chi connectivity index (χ0v) is 12.0. The summed E-state index contributed by atoms with van der Waals surface area (Å²) in [6, 6.07) is 3.78. The molecule has 1 aromatic carbocycles. The maximum atomic E-state index is 12.2. The molecule has 2 amide bonds. The van der Waals surface area contributed by atoms with Crippen LogP contribution in [0.3, 0.4) is 0 Å². The number of carbonyl (C=O) groups is 2. The summed E-state index contributed by atoms with van der Waals surface area (Å²) in [5, 5.41) is 11.8. The van der Waals surface area contributed by atoms with Crippen LogP contribution >= 0.6 is 0 Å². The van der Waals surface area contributed by atoms with Crippen molar-refractivity contribution in [2.45, 2.75) is 18.9 Å². The number of nitrogens with zero attached hydrogens (tertiary/aromatic N) is 1. The third-order valence-electron chi connectivity index (χ3n) is 3.40. The third kappa shape index (κ3) is 3.36. The number of likely N-dealkylation sites (tertiary alicyclic amines) is 1. The Bertz CT molecular complexity index is 524. The molecule has 2 N–H and O–H groups in total. The minimum Gasteiger partial charge on any atom is -0.497 e. The molecule has 0 spiro atoms. The first-order valence-electron chi connectivity index (χ1n) is 6.58. The summed E-state index contributed by atoms with van der Waals surface area (Å²) >= 11 is 0. The number of urea groups is 1. The molecule has 0 radical (unpaired) electrons. The fourth-order valence-electron chi connectivity index (χ4n) is 2.34. The number of nitrogens with one attached hydrogen (secondary N) is 1. The Morgan fingerprint density at radius 1 is 1.24 bits per heavy atom. The van der Waals surface area contributed by atoms with E-state index in [1.54, 1.807) is 18.2 Å². The molecule has 0 bridgehead atoms. The van der Waals surface area contributed by atoms with Crippen LogP contribution in [0.4, 0.5) is 10.5 Å². The molecule has 1 heterocycles. The molecule has 0 saturated carbocycles. The third-order valence-corrected chi connectivity index (χ3v) is 3.40. The van der Waals surface area contributed by atoms with Gasteiger partial charge in [-0.1, -0.05) is 0 Å². The highest BCUT2D eigenvalue weighted by Gasteiger charge is 2.34. The Hall–Kier alpha value is -2.44. The van der Waals surface area contributed by atoms with Crippen molar-refractivity contribution in [3.05, 3.63) is 18.2 Å². The van der Waals surface area contributed by atoms with Crippen LogP contribution in [0.1, 0.15) is 12.8 Å². The maximum absolute atomic E-state index is 12.2. The first kappa shape index (κ1) is 15.0. The molecule has 7 nitrogen and oxygen atoms in total. The van der Waals surface area contributed by atoms with Crippen LogP contribution < -0.4 is 14.8 Å². The smallest absolute Gasteiger partial charge is 0.326 e. The number of carbonyl (C=O) groups excluding carboxylic acids is 1. The Labute approximate surface area is 122 Å². The van der Waals surface area contributed by atoms with E-state index in [4.69, 9.17) is 14.6 Å². The van der Waals surface area contributed by atoms with Crippen molar-refractivity contribution in [2.24, 2.45) is 0 Å². The van der Waals surface area contributed by atoms with Crippen LogP contribution in [0.5, 0.6) is 11.5 Å². The predicted octanol–water partition coefficient (Wildman–Crippen LogP) is 1.78. The molecule has 7 heteroatoms. The van der Waals surface area contributed by atoms with E-state index in [9.17, 15) is 9.59 Å². The van der Waals surface area contributed by atoms with E-state index in [-0.39, 0.29) is 0 Å². The van der Waals surface area contributed by atoms with E-state index >= 15 is 0 Å². The van der Waals surface area contributed by atoms with E-state index < -0.39 is 18.0 Å². The summed E-state index contributed by atoms with van der Waals surface area (Å²) in [6.07, 6.45) is 1.16. The highest BCUT2D eigenvalue weighted by atomic mass is 16.5. The molecule has 21 heavy (non-hydrogen) atoms. The molecular weight excluding hydrogens is 276 g/mol. The van der Waals surface area contributed by atoms with E-state index in [0.29, 0.717) is 36.6 Å². The monoisotopic (exact) mass is 294 g/mol. The van der Waals surface area contributed by atoms with Crippen LogP contribution in [0.25, 0.3) is 0 Å². The summed E-state index contributed by atoms with van der Waals surface area (Å²) in [5.74, 6) is 0.104. The quantitative estimate of drug-likeness (QED) is 0.883. The fourth-order valence-corrected chi connectivity index (χ4v) is 2.34. The van der Waals surface area contributed by atoms with Gasteiger partial charge in [-0.3, -0.25) is 0 Å². The second-order valence-electron chi connectivity index (χ2n) is 4.72. The molecule has 1 aliphatic heterocycles.